The molecular weight excluding hydrogens is 332 g/mol. The molecule has 3 N–H and O–H groups in total. The Hall–Kier alpha value is -2.77. The molecule has 8 nitrogen and oxygen atoms in total. The van der Waals surface area contributed by atoms with E-state index in [0.29, 0.717) is 29.4 Å². The SMILES string of the molecule is CCCC[C@H](CC)CNC(=O)Cn1nnc(-c2ccc(C(N)=O)cc2)n1. The number of carbonyl (C=O) groups excluding carboxylic acids is 2. The highest BCUT2D eigenvalue weighted by molar-refractivity contribution is 5.93. The molecule has 0 saturated heterocycles. The van der Waals surface area contributed by atoms with E-state index in [0.717, 1.165) is 19.3 Å². The van der Waals surface area contributed by atoms with E-state index in [1.54, 1.807) is 24.3 Å². The Balaban J connectivity index is 1.89. The van der Waals surface area contributed by atoms with E-state index in [9.17, 15) is 9.59 Å². The van der Waals surface area contributed by atoms with Crippen molar-refractivity contribution in [3.8, 4) is 11.4 Å². The van der Waals surface area contributed by atoms with Gasteiger partial charge in [-0.15, -0.1) is 10.2 Å². The maximum atomic E-state index is 12.1. The zero-order valence-corrected chi connectivity index (χ0v) is 15.3. The van der Waals surface area contributed by atoms with Crippen LogP contribution < -0.4 is 11.1 Å². The molecule has 26 heavy (non-hydrogen) atoms. The van der Waals surface area contributed by atoms with Crippen LogP contribution in [-0.2, 0) is 11.3 Å². The second-order valence-corrected chi connectivity index (χ2v) is 6.31. The fraction of sp³-hybridized carbons (Fsp3) is 0.500. The first-order valence-corrected chi connectivity index (χ1v) is 8.98. The van der Waals surface area contributed by atoms with E-state index in [1.807, 2.05) is 0 Å². The Bertz CT molecular complexity index is 726. The maximum absolute atomic E-state index is 12.1. The largest absolute Gasteiger partial charge is 0.366 e. The van der Waals surface area contributed by atoms with Gasteiger partial charge in [-0.05, 0) is 29.7 Å². The van der Waals surface area contributed by atoms with E-state index in [1.165, 1.54) is 11.2 Å². The van der Waals surface area contributed by atoms with Crippen molar-refractivity contribution in [2.75, 3.05) is 6.54 Å². The number of nitrogens with zero attached hydrogens (tertiary/aromatic N) is 4. The fourth-order valence-corrected chi connectivity index (χ4v) is 2.60. The molecule has 0 saturated carbocycles. The molecule has 0 aliphatic rings. The minimum atomic E-state index is -0.492. The molecule has 0 fully saturated rings. The number of nitrogens with two attached hydrogens (primary N) is 1. The van der Waals surface area contributed by atoms with Crippen LogP contribution in [0.3, 0.4) is 0 Å². The van der Waals surface area contributed by atoms with Crippen LogP contribution in [0.1, 0.15) is 49.9 Å². The van der Waals surface area contributed by atoms with Crippen LogP contribution in [0, 0.1) is 5.92 Å². The molecule has 2 rings (SSSR count). The van der Waals surface area contributed by atoms with Crippen molar-refractivity contribution in [3.63, 3.8) is 0 Å². The molecule has 0 aliphatic heterocycles. The summed E-state index contributed by atoms with van der Waals surface area (Å²) in [4.78, 5) is 24.4. The van der Waals surface area contributed by atoms with Gasteiger partial charge in [0, 0.05) is 17.7 Å². The second kappa shape index (κ2) is 9.65. The Morgan fingerprint density at radius 2 is 1.96 bits per heavy atom. The van der Waals surface area contributed by atoms with Crippen LogP contribution >= 0.6 is 0 Å². The lowest BCUT2D eigenvalue weighted by atomic mass is 9.99. The summed E-state index contributed by atoms with van der Waals surface area (Å²) in [6.45, 7) is 5.00. The van der Waals surface area contributed by atoms with E-state index in [2.05, 4.69) is 34.6 Å². The van der Waals surface area contributed by atoms with Crippen molar-refractivity contribution >= 4 is 11.8 Å². The van der Waals surface area contributed by atoms with Gasteiger partial charge in [0.15, 0.2) is 0 Å². The lowest BCUT2D eigenvalue weighted by Gasteiger charge is -2.14. The molecule has 0 spiro atoms. The Kier molecular flexibility index (Phi) is 7.25. The number of aromatic nitrogens is 4. The highest BCUT2D eigenvalue weighted by Crippen LogP contribution is 2.14. The van der Waals surface area contributed by atoms with Crippen molar-refractivity contribution in [1.82, 2.24) is 25.5 Å². The molecule has 1 aromatic carbocycles. The first-order valence-electron chi connectivity index (χ1n) is 8.98. The number of tetrazole rings is 1. The highest BCUT2D eigenvalue weighted by atomic mass is 16.2. The predicted molar refractivity (Wildman–Crippen MR) is 98.1 cm³/mol. The van der Waals surface area contributed by atoms with E-state index in [-0.39, 0.29) is 12.5 Å². The third-order valence-electron chi connectivity index (χ3n) is 4.30. The van der Waals surface area contributed by atoms with Crippen LogP contribution in [0.25, 0.3) is 11.4 Å². The molecule has 1 atom stereocenters. The van der Waals surface area contributed by atoms with Crippen molar-refractivity contribution in [3.05, 3.63) is 29.8 Å². The predicted octanol–water partition coefficient (Wildman–Crippen LogP) is 1.77. The molecule has 8 heteroatoms. The van der Waals surface area contributed by atoms with Crippen molar-refractivity contribution < 1.29 is 9.59 Å². The summed E-state index contributed by atoms with van der Waals surface area (Å²) < 4.78 is 0. The van der Waals surface area contributed by atoms with Crippen molar-refractivity contribution in [2.24, 2.45) is 11.7 Å². The van der Waals surface area contributed by atoms with Gasteiger partial charge in [-0.3, -0.25) is 9.59 Å². The molecule has 1 heterocycles. The van der Waals surface area contributed by atoms with Crippen molar-refractivity contribution in [2.45, 2.75) is 46.1 Å². The lowest BCUT2D eigenvalue weighted by molar-refractivity contribution is -0.122. The number of rotatable bonds is 10. The van der Waals surface area contributed by atoms with Gasteiger partial charge in [-0.2, -0.15) is 4.80 Å². The summed E-state index contributed by atoms with van der Waals surface area (Å²) >= 11 is 0. The molecule has 0 unspecified atom stereocenters. The van der Waals surface area contributed by atoms with Gasteiger partial charge >= 0.3 is 0 Å². The van der Waals surface area contributed by atoms with Gasteiger partial charge in [0.25, 0.3) is 0 Å². The smallest absolute Gasteiger partial charge is 0.248 e. The van der Waals surface area contributed by atoms with Gasteiger partial charge < -0.3 is 11.1 Å². The minimum absolute atomic E-state index is 0.0244. The monoisotopic (exact) mass is 358 g/mol. The standard InChI is InChI=1S/C18H26N6O2/c1-3-5-6-13(4-2)11-20-16(25)12-24-22-18(21-23-24)15-9-7-14(8-10-15)17(19)26/h7-10,13H,3-6,11-12H2,1-2H3,(H2,19,26)(H,20,25)/t13-/m0/s1. The topological polar surface area (TPSA) is 116 Å². The van der Waals surface area contributed by atoms with Gasteiger partial charge in [0.2, 0.25) is 17.6 Å². The number of hydrogen-bond donors (Lipinski definition) is 2. The number of amides is 2. The Labute approximate surface area is 153 Å². The summed E-state index contributed by atoms with van der Waals surface area (Å²) in [5.74, 6) is 0.271. The molecule has 1 aromatic heterocycles. The average Bonchev–Trinajstić information content (AvgIpc) is 3.10. The Morgan fingerprint density at radius 1 is 1.23 bits per heavy atom. The zero-order valence-electron chi connectivity index (χ0n) is 15.3. The number of primary amides is 1. The number of unbranched alkanes of at least 4 members (excludes halogenated alkanes) is 1. The van der Waals surface area contributed by atoms with E-state index < -0.39 is 5.91 Å². The third kappa shape index (κ3) is 5.65. The summed E-state index contributed by atoms with van der Waals surface area (Å²) in [6, 6.07) is 6.60. The van der Waals surface area contributed by atoms with Gasteiger partial charge in [0.05, 0.1) is 0 Å². The molecule has 140 valence electrons. The van der Waals surface area contributed by atoms with Crippen LogP contribution in [0.15, 0.2) is 24.3 Å². The van der Waals surface area contributed by atoms with Gasteiger partial charge in [0.1, 0.15) is 6.54 Å². The third-order valence-corrected chi connectivity index (χ3v) is 4.30. The molecule has 0 aliphatic carbocycles. The first-order chi connectivity index (χ1) is 12.5. The van der Waals surface area contributed by atoms with E-state index >= 15 is 0 Å². The fourth-order valence-electron chi connectivity index (χ4n) is 2.60. The highest BCUT2D eigenvalue weighted by Gasteiger charge is 2.12. The molecule has 0 bridgehead atoms. The first kappa shape index (κ1) is 19.6. The van der Waals surface area contributed by atoms with Crippen LogP contribution in [0.2, 0.25) is 0 Å². The molecule has 2 amide bonds. The summed E-state index contributed by atoms with van der Waals surface area (Å²) in [6.07, 6.45) is 4.51. The Morgan fingerprint density at radius 3 is 2.58 bits per heavy atom. The number of hydrogen-bond acceptors (Lipinski definition) is 5. The summed E-state index contributed by atoms with van der Waals surface area (Å²) in [7, 11) is 0. The quantitative estimate of drug-likeness (QED) is 0.671. The maximum Gasteiger partial charge on any atom is 0.248 e. The van der Waals surface area contributed by atoms with Gasteiger partial charge in [-0.1, -0.05) is 45.2 Å². The molecule has 2 aromatic rings. The second-order valence-electron chi connectivity index (χ2n) is 6.31. The summed E-state index contributed by atoms with van der Waals surface area (Å²) in [5.41, 5.74) is 6.33. The lowest BCUT2D eigenvalue weighted by Crippen LogP contribution is -2.32. The number of nitrogens with one attached hydrogen (secondary N) is 1. The van der Waals surface area contributed by atoms with Crippen LogP contribution in [-0.4, -0.2) is 38.6 Å². The zero-order chi connectivity index (χ0) is 18.9. The van der Waals surface area contributed by atoms with Crippen LogP contribution in [0.5, 0.6) is 0 Å². The number of benzene rings is 1. The number of carbonyl (C=O) groups is 2. The molecule has 0 radical (unpaired) electrons. The normalized spacial score (nSPS) is 11.9. The summed E-state index contributed by atoms with van der Waals surface area (Å²) in [5, 5.41) is 15.0. The van der Waals surface area contributed by atoms with Crippen molar-refractivity contribution in [1.29, 1.82) is 0 Å². The average molecular weight is 358 g/mol. The molecular formula is C18H26N6O2. The van der Waals surface area contributed by atoms with Gasteiger partial charge in [-0.25, -0.2) is 0 Å². The van der Waals surface area contributed by atoms with E-state index in [4.69, 9.17) is 5.73 Å². The van der Waals surface area contributed by atoms with Crippen LogP contribution in [0.4, 0.5) is 0 Å². The minimum Gasteiger partial charge on any atom is -0.366 e.